The number of anilines is 1. The van der Waals surface area contributed by atoms with Gasteiger partial charge in [0.2, 0.25) is 0 Å². The van der Waals surface area contributed by atoms with Gasteiger partial charge in [-0.05, 0) is 50.7 Å². The predicted octanol–water partition coefficient (Wildman–Crippen LogP) is 8.96. The fourth-order valence-corrected chi connectivity index (χ4v) is 5.53. The molecule has 3 heteroatoms. The number of benzene rings is 5. The lowest BCUT2D eigenvalue weighted by molar-refractivity contribution is 0.594. The summed E-state index contributed by atoms with van der Waals surface area (Å²) < 4.78 is 14.8. The molecule has 0 spiro atoms. The molecule has 1 atom stereocenters. The minimum absolute atomic E-state index is 0.0349. The molecule has 1 unspecified atom stereocenters. The maximum atomic E-state index is 12.8. The first-order valence-electron chi connectivity index (χ1n) is 11.4. The molecule has 0 aromatic heterocycles. The Morgan fingerprint density at radius 1 is 0.647 bits per heavy atom. The van der Waals surface area contributed by atoms with Crippen molar-refractivity contribution in [2.45, 2.75) is 6.04 Å². The topological polar surface area (TPSA) is 20.3 Å². The predicted molar refractivity (Wildman–Crippen MR) is 143 cm³/mol. The molecule has 2 nitrogen and oxygen atoms in total. The van der Waals surface area contributed by atoms with Gasteiger partial charge >= 0.3 is 0 Å². The normalized spacial score (nSPS) is 14.9. The SMILES string of the molecule is O=PN1c2c(cc(-c3ccccc3)cc2-c2ccccc2)C=CC1c1cccc2ccccc12. The third-order valence-corrected chi connectivity index (χ3v) is 7.14. The lowest BCUT2D eigenvalue weighted by Crippen LogP contribution is -2.21. The minimum Gasteiger partial charge on any atom is -0.279 e. The summed E-state index contributed by atoms with van der Waals surface area (Å²) in [7, 11) is -0.0349. The fourth-order valence-electron chi connectivity index (χ4n) is 4.93. The van der Waals surface area contributed by atoms with Crippen molar-refractivity contribution in [2.75, 3.05) is 4.67 Å². The molecule has 0 fully saturated rings. The van der Waals surface area contributed by atoms with Gasteiger partial charge in [0.1, 0.15) is 0 Å². The van der Waals surface area contributed by atoms with Crippen molar-refractivity contribution in [1.29, 1.82) is 0 Å². The van der Waals surface area contributed by atoms with Crippen LogP contribution in [0, 0.1) is 0 Å². The molecule has 162 valence electrons. The maximum Gasteiger partial charge on any atom is 0.282 e. The highest BCUT2D eigenvalue weighted by atomic mass is 31.1. The van der Waals surface area contributed by atoms with E-state index in [1.807, 2.05) is 16.8 Å². The first kappa shape index (κ1) is 20.6. The van der Waals surface area contributed by atoms with Crippen LogP contribution in [0.15, 0.2) is 121 Å². The Morgan fingerprint density at radius 3 is 2.09 bits per heavy atom. The van der Waals surface area contributed by atoms with Crippen LogP contribution in [0.1, 0.15) is 17.2 Å². The Kier molecular flexibility index (Phi) is 5.30. The largest absolute Gasteiger partial charge is 0.282 e. The van der Waals surface area contributed by atoms with E-state index in [1.54, 1.807) is 0 Å². The number of nitrogens with zero attached hydrogens (tertiary/aromatic N) is 1. The molecular weight excluding hydrogens is 433 g/mol. The van der Waals surface area contributed by atoms with Crippen LogP contribution in [0.3, 0.4) is 0 Å². The van der Waals surface area contributed by atoms with Crippen molar-refractivity contribution in [3.63, 3.8) is 0 Å². The number of fused-ring (bicyclic) bond motifs is 2. The fraction of sp³-hybridized carbons (Fsp3) is 0.0323. The lowest BCUT2D eigenvalue weighted by atomic mass is 9.89. The van der Waals surface area contributed by atoms with Gasteiger partial charge in [0.25, 0.3) is 8.61 Å². The molecule has 34 heavy (non-hydrogen) atoms. The van der Waals surface area contributed by atoms with Crippen LogP contribution in [-0.4, -0.2) is 0 Å². The van der Waals surface area contributed by atoms with E-state index < -0.39 is 0 Å². The molecule has 5 aromatic rings. The van der Waals surface area contributed by atoms with E-state index in [1.165, 1.54) is 16.3 Å². The van der Waals surface area contributed by atoms with E-state index in [0.717, 1.165) is 33.5 Å². The minimum atomic E-state index is -0.136. The molecule has 0 bridgehead atoms. The van der Waals surface area contributed by atoms with Crippen LogP contribution < -0.4 is 4.67 Å². The molecular formula is C31H22NOP. The van der Waals surface area contributed by atoms with Gasteiger partial charge in [0, 0.05) is 5.56 Å². The van der Waals surface area contributed by atoms with Crippen LogP contribution in [-0.2, 0) is 4.57 Å². The van der Waals surface area contributed by atoms with Crippen LogP contribution in [0.25, 0.3) is 39.1 Å². The van der Waals surface area contributed by atoms with Crippen LogP contribution in [0.5, 0.6) is 0 Å². The Labute approximate surface area is 201 Å². The summed E-state index contributed by atoms with van der Waals surface area (Å²) in [5, 5.41) is 2.36. The van der Waals surface area contributed by atoms with Gasteiger partial charge in [-0.1, -0.05) is 115 Å². The monoisotopic (exact) mass is 455 g/mol. The smallest absolute Gasteiger partial charge is 0.279 e. The van der Waals surface area contributed by atoms with Crippen LogP contribution in [0.4, 0.5) is 5.69 Å². The summed E-state index contributed by atoms with van der Waals surface area (Å²) in [6.45, 7) is 0. The lowest BCUT2D eigenvalue weighted by Gasteiger charge is -2.33. The first-order valence-corrected chi connectivity index (χ1v) is 12.2. The highest BCUT2D eigenvalue weighted by Crippen LogP contribution is 2.48. The molecule has 5 aromatic carbocycles. The quantitative estimate of drug-likeness (QED) is 0.252. The molecule has 0 radical (unpaired) electrons. The van der Waals surface area contributed by atoms with Gasteiger partial charge < -0.3 is 0 Å². The molecule has 6 rings (SSSR count). The van der Waals surface area contributed by atoms with Gasteiger partial charge in [-0.3, -0.25) is 4.67 Å². The summed E-state index contributed by atoms with van der Waals surface area (Å²) in [5.74, 6) is 0. The standard InChI is InChI=1S/C31H22NOP/c33-34-32-30(28-17-9-15-23-14-7-8-16-27(23)28)19-18-25-20-26(22-10-3-1-4-11-22)21-29(31(25)32)24-12-5-2-6-13-24/h1-21,30H. The van der Waals surface area contributed by atoms with E-state index in [-0.39, 0.29) is 14.7 Å². The van der Waals surface area contributed by atoms with Crippen LogP contribution in [0.2, 0.25) is 0 Å². The third-order valence-electron chi connectivity index (χ3n) is 6.51. The Morgan fingerprint density at radius 2 is 1.32 bits per heavy atom. The molecule has 1 aliphatic heterocycles. The van der Waals surface area contributed by atoms with E-state index >= 15 is 0 Å². The second-order valence-corrected chi connectivity index (χ2v) is 9.09. The van der Waals surface area contributed by atoms with Gasteiger partial charge in [-0.2, -0.15) is 0 Å². The number of rotatable bonds is 4. The van der Waals surface area contributed by atoms with E-state index in [9.17, 15) is 4.57 Å². The van der Waals surface area contributed by atoms with Crippen molar-refractivity contribution < 1.29 is 4.57 Å². The first-order chi connectivity index (χ1) is 16.8. The Balaban J connectivity index is 1.58. The zero-order chi connectivity index (χ0) is 22.9. The zero-order valence-electron chi connectivity index (χ0n) is 18.5. The number of hydrogen-bond donors (Lipinski definition) is 0. The van der Waals surface area contributed by atoms with Crippen molar-refractivity contribution in [3.8, 4) is 22.3 Å². The highest BCUT2D eigenvalue weighted by Gasteiger charge is 2.29. The Hall–Kier alpha value is -4.00. The van der Waals surface area contributed by atoms with E-state index in [0.29, 0.717) is 0 Å². The molecule has 1 aliphatic rings. The van der Waals surface area contributed by atoms with Gasteiger partial charge in [-0.15, -0.1) is 0 Å². The summed E-state index contributed by atoms with van der Waals surface area (Å²) in [6.07, 6.45) is 4.35. The van der Waals surface area contributed by atoms with E-state index in [4.69, 9.17) is 0 Å². The van der Waals surface area contributed by atoms with Crippen LogP contribution >= 0.6 is 8.61 Å². The average molecular weight is 455 g/mol. The van der Waals surface area contributed by atoms with Crippen molar-refractivity contribution in [3.05, 3.63) is 132 Å². The van der Waals surface area contributed by atoms with Gasteiger partial charge in [0.15, 0.2) is 0 Å². The second-order valence-electron chi connectivity index (χ2n) is 8.49. The summed E-state index contributed by atoms with van der Waals surface area (Å²) >= 11 is 0. The summed E-state index contributed by atoms with van der Waals surface area (Å²) in [5.41, 5.74) is 7.71. The maximum absolute atomic E-state index is 12.8. The molecule has 0 saturated carbocycles. The third kappa shape index (κ3) is 3.53. The molecule has 0 N–H and O–H groups in total. The average Bonchev–Trinajstić information content (AvgIpc) is 2.92. The second kappa shape index (κ2) is 8.74. The summed E-state index contributed by atoms with van der Waals surface area (Å²) in [4.78, 5) is 0. The summed E-state index contributed by atoms with van der Waals surface area (Å²) in [6, 6.07) is 39.8. The van der Waals surface area contributed by atoms with Crippen molar-refractivity contribution in [1.82, 2.24) is 0 Å². The van der Waals surface area contributed by atoms with Crippen molar-refractivity contribution >= 4 is 31.1 Å². The molecule has 0 amide bonds. The van der Waals surface area contributed by atoms with Crippen molar-refractivity contribution in [2.24, 2.45) is 0 Å². The molecule has 0 aliphatic carbocycles. The molecule has 1 heterocycles. The Bertz CT molecular complexity index is 1520. The number of hydrogen-bond acceptors (Lipinski definition) is 1. The molecule has 0 saturated heterocycles. The van der Waals surface area contributed by atoms with E-state index in [2.05, 4.69) is 115 Å². The van der Waals surface area contributed by atoms with Gasteiger partial charge in [0.05, 0.1) is 11.7 Å². The highest BCUT2D eigenvalue weighted by molar-refractivity contribution is 7.26. The zero-order valence-corrected chi connectivity index (χ0v) is 19.4. The van der Waals surface area contributed by atoms with Gasteiger partial charge in [-0.25, -0.2) is 4.57 Å².